The van der Waals surface area contributed by atoms with E-state index in [1.807, 2.05) is 0 Å². The van der Waals surface area contributed by atoms with Crippen molar-refractivity contribution in [2.24, 2.45) is 0 Å². The van der Waals surface area contributed by atoms with Crippen LogP contribution in [0.2, 0.25) is 0 Å². The van der Waals surface area contributed by atoms with Gasteiger partial charge in [-0.2, -0.15) is 16.8 Å². The Balaban J connectivity index is 1.15. The average molecular weight is 743 g/mol. The third kappa shape index (κ3) is 7.62. The Bertz CT molecular complexity index is 2500. The summed E-state index contributed by atoms with van der Waals surface area (Å²) >= 11 is 0. The van der Waals surface area contributed by atoms with Gasteiger partial charge in [0.25, 0.3) is 32.1 Å². The van der Waals surface area contributed by atoms with Gasteiger partial charge in [-0.05, 0) is 97.1 Å². The Labute approximate surface area is 295 Å². The van der Waals surface area contributed by atoms with E-state index in [0.29, 0.717) is 0 Å². The molecular weight excluding hydrogens is 717 g/mol. The van der Waals surface area contributed by atoms with Crippen LogP contribution in [0.25, 0.3) is 21.5 Å². The number of hydrogen-bond donors (Lipinski definition) is 8. The smallest absolute Gasteiger partial charge is 0.323 e. The molecular formula is C35H26N4O11S2. The maximum atomic E-state index is 13.2. The van der Waals surface area contributed by atoms with Crippen molar-refractivity contribution in [3.05, 3.63) is 120 Å². The summed E-state index contributed by atoms with van der Waals surface area (Å²) in [5.74, 6) is -1.69. The predicted molar refractivity (Wildman–Crippen MR) is 192 cm³/mol. The first kappa shape index (κ1) is 35.3. The first-order chi connectivity index (χ1) is 24.6. The third-order valence-electron chi connectivity index (χ3n) is 7.74. The van der Waals surface area contributed by atoms with E-state index in [2.05, 4.69) is 21.3 Å². The van der Waals surface area contributed by atoms with Crippen LogP contribution >= 0.6 is 0 Å². The van der Waals surface area contributed by atoms with Gasteiger partial charge in [-0.3, -0.25) is 18.7 Å². The summed E-state index contributed by atoms with van der Waals surface area (Å²) in [7, 11) is -9.21. The van der Waals surface area contributed by atoms with E-state index in [4.69, 9.17) is 0 Å². The number of urea groups is 1. The number of phenols is 2. The molecule has 0 radical (unpaired) electrons. The molecule has 264 valence electrons. The Hall–Kier alpha value is -6.53. The lowest BCUT2D eigenvalue weighted by Crippen LogP contribution is -2.20. The second-order valence-corrected chi connectivity index (χ2v) is 14.1. The van der Waals surface area contributed by atoms with E-state index in [-0.39, 0.29) is 66.9 Å². The van der Waals surface area contributed by atoms with Gasteiger partial charge in [0.15, 0.2) is 0 Å². The monoisotopic (exact) mass is 742 g/mol. The number of carbonyl (C=O) groups is 3. The van der Waals surface area contributed by atoms with E-state index in [1.54, 1.807) is 0 Å². The van der Waals surface area contributed by atoms with Crippen LogP contribution in [-0.2, 0) is 20.2 Å². The second-order valence-electron chi connectivity index (χ2n) is 11.3. The summed E-state index contributed by atoms with van der Waals surface area (Å²) in [6, 6.07) is 23.3. The van der Waals surface area contributed by atoms with Crippen molar-refractivity contribution in [1.29, 1.82) is 0 Å². The number of phenolic OH excluding ortho intramolecular Hbond substituents is 2. The third-order valence-corrected chi connectivity index (χ3v) is 9.56. The summed E-state index contributed by atoms with van der Waals surface area (Å²) in [4.78, 5) is 38.4. The predicted octanol–water partition coefficient (Wildman–Crippen LogP) is 6.05. The fourth-order valence-corrected chi connectivity index (χ4v) is 6.84. The quantitative estimate of drug-likeness (QED) is 0.0834. The molecule has 0 aliphatic rings. The normalized spacial score (nSPS) is 11.6. The molecule has 8 N–H and O–H groups in total. The molecule has 6 rings (SSSR count). The highest BCUT2D eigenvalue weighted by Crippen LogP contribution is 2.34. The standard InChI is InChI=1S/C35H26N4O11S2/c40-23-7-9-25-27(17-23)29(11-13-31(25)51(45,46)47)38-33(42)19-3-1-5-21(15-19)36-35(44)37-22-6-2-4-20(16-22)34(43)39-30-12-14-32(52(48,49)50)26-10-8-24(41)18-28(26)30/h1-18,40-41H,(H,38,42)(H,39,43)(H2,36,37,44)(H,45,46,47)(H,48,49,50). The van der Waals surface area contributed by atoms with Crippen LogP contribution in [0.5, 0.6) is 11.5 Å². The van der Waals surface area contributed by atoms with E-state index in [0.717, 1.165) is 12.1 Å². The number of hydrogen-bond acceptors (Lipinski definition) is 9. The van der Waals surface area contributed by atoms with E-state index < -0.39 is 47.9 Å². The van der Waals surface area contributed by atoms with Crippen molar-refractivity contribution in [2.45, 2.75) is 9.79 Å². The molecule has 15 nitrogen and oxygen atoms in total. The molecule has 0 fully saturated rings. The van der Waals surface area contributed by atoms with Gasteiger partial charge in [0.1, 0.15) is 21.3 Å². The maximum Gasteiger partial charge on any atom is 0.323 e. The highest BCUT2D eigenvalue weighted by atomic mass is 32.2. The molecule has 52 heavy (non-hydrogen) atoms. The van der Waals surface area contributed by atoms with Gasteiger partial charge < -0.3 is 31.5 Å². The lowest BCUT2D eigenvalue weighted by atomic mass is 10.1. The van der Waals surface area contributed by atoms with E-state index in [9.17, 15) is 50.5 Å². The number of benzene rings is 6. The Morgan fingerprint density at radius 2 is 0.865 bits per heavy atom. The summed E-state index contributed by atoms with van der Waals surface area (Å²) in [6.07, 6.45) is 0. The zero-order valence-electron chi connectivity index (χ0n) is 26.4. The van der Waals surface area contributed by atoms with Gasteiger partial charge in [0, 0.05) is 55.4 Å². The topological polar surface area (TPSA) is 249 Å². The molecule has 4 amide bonds. The van der Waals surface area contributed by atoms with Gasteiger partial charge in [0.2, 0.25) is 0 Å². The Kier molecular flexibility index (Phi) is 9.26. The molecule has 0 aromatic heterocycles. The highest BCUT2D eigenvalue weighted by Gasteiger charge is 2.20. The van der Waals surface area contributed by atoms with Crippen LogP contribution in [0.15, 0.2) is 119 Å². The summed E-state index contributed by atoms with van der Waals surface area (Å²) in [6.45, 7) is 0. The van der Waals surface area contributed by atoms with E-state index in [1.165, 1.54) is 97.1 Å². The largest absolute Gasteiger partial charge is 0.508 e. The number of nitrogens with one attached hydrogen (secondary N) is 4. The van der Waals surface area contributed by atoms with Crippen molar-refractivity contribution >= 4 is 82.4 Å². The van der Waals surface area contributed by atoms with Gasteiger partial charge in [-0.15, -0.1) is 0 Å². The van der Waals surface area contributed by atoms with Crippen molar-refractivity contribution in [3.8, 4) is 11.5 Å². The summed E-state index contributed by atoms with van der Waals surface area (Å²) < 4.78 is 66.6. The minimum Gasteiger partial charge on any atom is -0.508 e. The number of fused-ring (bicyclic) bond motifs is 2. The molecule has 0 spiro atoms. The second kappa shape index (κ2) is 13.6. The first-order valence-electron chi connectivity index (χ1n) is 14.9. The van der Waals surface area contributed by atoms with Gasteiger partial charge in [0.05, 0.1) is 0 Å². The van der Waals surface area contributed by atoms with Crippen molar-refractivity contribution in [3.63, 3.8) is 0 Å². The average Bonchev–Trinajstić information content (AvgIpc) is 3.07. The highest BCUT2D eigenvalue weighted by molar-refractivity contribution is 7.86. The molecule has 0 bridgehead atoms. The molecule has 0 heterocycles. The van der Waals surface area contributed by atoms with Crippen molar-refractivity contribution in [1.82, 2.24) is 0 Å². The minimum atomic E-state index is -4.61. The lowest BCUT2D eigenvalue weighted by molar-refractivity contribution is 0.101. The maximum absolute atomic E-state index is 13.2. The zero-order valence-corrected chi connectivity index (χ0v) is 28.0. The molecule has 0 saturated carbocycles. The lowest BCUT2D eigenvalue weighted by Gasteiger charge is -2.13. The molecule has 0 atom stereocenters. The van der Waals surface area contributed by atoms with Gasteiger partial charge in [-0.25, -0.2) is 4.79 Å². The van der Waals surface area contributed by atoms with Gasteiger partial charge >= 0.3 is 6.03 Å². The first-order valence-corrected chi connectivity index (χ1v) is 17.8. The molecule has 17 heteroatoms. The number of anilines is 4. The minimum absolute atomic E-state index is 0.0647. The van der Waals surface area contributed by atoms with Crippen LogP contribution in [0, 0.1) is 0 Å². The van der Waals surface area contributed by atoms with Gasteiger partial charge in [-0.1, -0.05) is 12.1 Å². The number of carbonyl (C=O) groups excluding carboxylic acids is 3. The number of amides is 4. The number of aromatic hydroxyl groups is 2. The SMILES string of the molecule is O=C(Nc1cccc(C(=O)Nc2ccc(S(=O)(=O)O)c3ccc(O)cc23)c1)Nc1cccc(C(=O)Nc2ccc(S(=O)(=O)O)c3ccc(O)cc23)c1. The van der Waals surface area contributed by atoms with Crippen LogP contribution < -0.4 is 21.3 Å². The number of rotatable bonds is 8. The fraction of sp³-hybridized carbons (Fsp3) is 0. The molecule has 0 aliphatic carbocycles. The molecule has 6 aromatic rings. The zero-order chi connectivity index (χ0) is 37.4. The summed E-state index contributed by atoms with van der Waals surface area (Å²) in [5, 5.41) is 30.8. The van der Waals surface area contributed by atoms with Crippen LogP contribution in [-0.4, -0.2) is 54.0 Å². The molecule has 0 aliphatic heterocycles. The molecule has 0 saturated heterocycles. The van der Waals surface area contributed by atoms with Crippen LogP contribution in [0.3, 0.4) is 0 Å². The fourth-order valence-electron chi connectivity index (χ4n) is 5.44. The van der Waals surface area contributed by atoms with Crippen LogP contribution in [0.1, 0.15) is 20.7 Å². The van der Waals surface area contributed by atoms with Crippen molar-refractivity contribution in [2.75, 3.05) is 21.3 Å². The molecule has 0 unspecified atom stereocenters. The van der Waals surface area contributed by atoms with E-state index >= 15 is 0 Å². The Morgan fingerprint density at radius 1 is 0.462 bits per heavy atom. The van der Waals surface area contributed by atoms with Crippen molar-refractivity contribution < 1.29 is 50.5 Å². The van der Waals surface area contributed by atoms with Crippen LogP contribution in [0.4, 0.5) is 27.5 Å². The summed E-state index contributed by atoms with van der Waals surface area (Å²) in [5.41, 5.74) is 0.927. The molecule has 6 aromatic carbocycles. The Morgan fingerprint density at radius 3 is 1.25 bits per heavy atom.